The maximum absolute atomic E-state index is 6.99. The topological polar surface area (TPSA) is 42.7 Å². The molecule has 0 fully saturated rings. The lowest BCUT2D eigenvalue weighted by Gasteiger charge is -2.27. The highest BCUT2D eigenvalue weighted by atomic mass is 16.3. The summed E-state index contributed by atoms with van der Waals surface area (Å²) in [5.74, 6) is 0. The van der Waals surface area contributed by atoms with Crippen molar-refractivity contribution >= 4 is 82.9 Å². The number of anilines is 3. The monoisotopic (exact) mass is 819 g/mol. The van der Waals surface area contributed by atoms with Crippen molar-refractivity contribution in [3.63, 3.8) is 0 Å². The minimum atomic E-state index is 0.798. The van der Waals surface area contributed by atoms with Crippen LogP contribution >= 0.6 is 0 Å². The van der Waals surface area contributed by atoms with Crippen LogP contribution in [0.3, 0.4) is 0 Å². The molecular formula is C60H37NO3. The fraction of sp³-hybridized carbons (Fsp3) is 0. The lowest BCUT2D eigenvalue weighted by Crippen LogP contribution is -2.10. The van der Waals surface area contributed by atoms with E-state index in [1.807, 2.05) is 24.3 Å². The number of fused-ring (bicyclic) bond motifs is 9. The van der Waals surface area contributed by atoms with Gasteiger partial charge in [-0.2, -0.15) is 0 Å². The van der Waals surface area contributed by atoms with Gasteiger partial charge in [0.25, 0.3) is 0 Å². The average molecular weight is 820 g/mol. The van der Waals surface area contributed by atoms with Crippen LogP contribution in [-0.4, -0.2) is 0 Å². The molecular weight excluding hydrogens is 783 g/mol. The van der Waals surface area contributed by atoms with Crippen LogP contribution in [0, 0.1) is 0 Å². The van der Waals surface area contributed by atoms with Gasteiger partial charge in [0.15, 0.2) is 0 Å². The molecule has 0 aliphatic carbocycles. The zero-order chi connectivity index (χ0) is 42.1. The molecule has 0 aliphatic heterocycles. The van der Waals surface area contributed by atoms with Crippen molar-refractivity contribution in [3.8, 4) is 44.5 Å². The predicted molar refractivity (Wildman–Crippen MR) is 265 cm³/mol. The number of hydrogen-bond acceptors (Lipinski definition) is 4. The van der Waals surface area contributed by atoms with Crippen LogP contribution in [0.5, 0.6) is 0 Å². The normalized spacial score (nSPS) is 11.8. The molecule has 64 heavy (non-hydrogen) atoms. The van der Waals surface area contributed by atoms with Crippen molar-refractivity contribution in [3.05, 3.63) is 224 Å². The first-order valence-electron chi connectivity index (χ1n) is 21.7. The largest absolute Gasteiger partial charge is 0.456 e. The van der Waals surface area contributed by atoms with E-state index in [-0.39, 0.29) is 0 Å². The Morgan fingerprint density at radius 2 is 0.688 bits per heavy atom. The van der Waals surface area contributed by atoms with E-state index in [0.717, 1.165) is 116 Å². The minimum absolute atomic E-state index is 0.798. The van der Waals surface area contributed by atoms with Crippen LogP contribution in [-0.2, 0) is 0 Å². The molecule has 0 atom stereocenters. The van der Waals surface area contributed by atoms with E-state index in [9.17, 15) is 0 Å². The number of para-hydroxylation sites is 3. The molecule has 0 amide bonds. The Morgan fingerprint density at radius 3 is 1.28 bits per heavy atom. The zero-order valence-electron chi connectivity index (χ0n) is 34.5. The number of furan rings is 3. The van der Waals surface area contributed by atoms with E-state index in [0.29, 0.717) is 0 Å². The molecule has 4 heteroatoms. The molecule has 3 aromatic heterocycles. The third-order valence-electron chi connectivity index (χ3n) is 12.7. The van der Waals surface area contributed by atoms with Gasteiger partial charge in [0, 0.05) is 49.4 Å². The van der Waals surface area contributed by atoms with Crippen molar-refractivity contribution in [2.24, 2.45) is 0 Å². The quantitative estimate of drug-likeness (QED) is 0.161. The second-order valence-electron chi connectivity index (χ2n) is 16.4. The highest BCUT2D eigenvalue weighted by Crippen LogP contribution is 2.49. The predicted octanol–water partition coefficient (Wildman–Crippen LogP) is 17.5. The molecule has 300 valence electrons. The molecule has 13 rings (SSSR count). The molecule has 0 radical (unpaired) electrons. The fourth-order valence-corrected chi connectivity index (χ4v) is 9.68. The minimum Gasteiger partial charge on any atom is -0.456 e. The molecule has 10 aromatic carbocycles. The summed E-state index contributed by atoms with van der Waals surface area (Å²) in [6.45, 7) is 0. The third kappa shape index (κ3) is 5.77. The van der Waals surface area contributed by atoms with E-state index in [1.54, 1.807) is 0 Å². The lowest BCUT2D eigenvalue weighted by atomic mass is 9.93. The molecule has 0 bridgehead atoms. The summed E-state index contributed by atoms with van der Waals surface area (Å²) in [4.78, 5) is 2.35. The Bertz CT molecular complexity index is 3790. The first kappa shape index (κ1) is 36.1. The van der Waals surface area contributed by atoms with Crippen LogP contribution in [0.25, 0.3) is 110 Å². The Labute approximate surface area is 368 Å². The first-order valence-corrected chi connectivity index (χ1v) is 21.7. The van der Waals surface area contributed by atoms with Crippen molar-refractivity contribution in [1.29, 1.82) is 0 Å². The van der Waals surface area contributed by atoms with Crippen molar-refractivity contribution < 1.29 is 13.3 Å². The average Bonchev–Trinajstić information content (AvgIpc) is 4.07. The Kier molecular flexibility index (Phi) is 8.18. The fourth-order valence-electron chi connectivity index (χ4n) is 9.68. The summed E-state index contributed by atoms with van der Waals surface area (Å²) in [6, 6.07) is 79.1. The molecule has 0 saturated carbocycles. The van der Waals surface area contributed by atoms with Gasteiger partial charge in [-0.25, -0.2) is 0 Å². The maximum atomic E-state index is 6.99. The molecule has 0 N–H and O–H groups in total. The smallest absolute Gasteiger partial charge is 0.145 e. The molecule has 13 aromatic rings. The second kappa shape index (κ2) is 14.5. The summed E-state index contributed by atoms with van der Waals surface area (Å²) >= 11 is 0. The van der Waals surface area contributed by atoms with Crippen LogP contribution in [0.2, 0.25) is 0 Å². The summed E-state index contributed by atoms with van der Waals surface area (Å²) < 4.78 is 20.1. The molecule has 0 saturated heterocycles. The highest BCUT2D eigenvalue weighted by molar-refractivity contribution is 6.22. The van der Waals surface area contributed by atoms with E-state index in [1.165, 1.54) is 11.1 Å². The number of benzene rings is 10. The van der Waals surface area contributed by atoms with Crippen LogP contribution in [0.4, 0.5) is 17.1 Å². The summed E-state index contributed by atoms with van der Waals surface area (Å²) in [6.07, 6.45) is 0. The van der Waals surface area contributed by atoms with Gasteiger partial charge in [-0.3, -0.25) is 0 Å². The van der Waals surface area contributed by atoms with Crippen molar-refractivity contribution in [1.82, 2.24) is 0 Å². The van der Waals surface area contributed by atoms with Crippen LogP contribution in [0.1, 0.15) is 0 Å². The van der Waals surface area contributed by atoms with Gasteiger partial charge in [0.2, 0.25) is 0 Å². The lowest BCUT2D eigenvalue weighted by molar-refractivity contribution is 0.665. The van der Waals surface area contributed by atoms with E-state index >= 15 is 0 Å². The number of rotatable bonds is 7. The van der Waals surface area contributed by atoms with Gasteiger partial charge in [-0.1, -0.05) is 152 Å². The van der Waals surface area contributed by atoms with Gasteiger partial charge in [0.05, 0.1) is 11.1 Å². The Hall–Kier alpha value is -8.60. The number of nitrogens with zero attached hydrogens (tertiary/aromatic N) is 1. The standard InChI is InChI=1S/C60H37NO3/c1-3-13-38(14-4-1)40-23-28-43(29-24-40)61(44-30-25-41(26-31-44)39-15-5-2-6-16-39)52-35-34-48(60-58(52)50-19-9-12-22-55(50)64-60)47-33-32-45(57-49-18-8-11-21-54(49)63-59(47)57)42-27-36-56-51(37-42)46-17-7-10-20-53(46)62-56/h1-37H. The van der Waals surface area contributed by atoms with Crippen molar-refractivity contribution in [2.75, 3.05) is 4.90 Å². The highest BCUT2D eigenvalue weighted by Gasteiger charge is 2.25. The van der Waals surface area contributed by atoms with E-state index in [2.05, 4.69) is 205 Å². The van der Waals surface area contributed by atoms with Crippen LogP contribution < -0.4 is 4.90 Å². The van der Waals surface area contributed by atoms with E-state index in [4.69, 9.17) is 13.3 Å². The molecule has 0 unspecified atom stereocenters. The van der Waals surface area contributed by atoms with Gasteiger partial charge < -0.3 is 18.2 Å². The first-order chi connectivity index (χ1) is 31.7. The summed E-state index contributed by atoms with van der Waals surface area (Å²) in [7, 11) is 0. The Morgan fingerprint density at radius 1 is 0.266 bits per heavy atom. The summed E-state index contributed by atoms with van der Waals surface area (Å²) in [5, 5.41) is 6.38. The van der Waals surface area contributed by atoms with Gasteiger partial charge in [0.1, 0.15) is 33.5 Å². The SMILES string of the molecule is c1ccc(-c2ccc(N(c3ccc(-c4ccccc4)cc3)c3ccc(-c4ccc(-c5ccc6oc7ccccc7c6c5)c5c4oc4ccccc45)c4oc5ccccc5c34)cc2)cc1. The van der Waals surface area contributed by atoms with Gasteiger partial charge >= 0.3 is 0 Å². The zero-order valence-corrected chi connectivity index (χ0v) is 34.5. The molecule has 4 nitrogen and oxygen atoms in total. The molecule has 0 aliphatic rings. The second-order valence-corrected chi connectivity index (χ2v) is 16.4. The van der Waals surface area contributed by atoms with Gasteiger partial charge in [-0.05, 0) is 106 Å². The number of hydrogen-bond donors (Lipinski definition) is 0. The van der Waals surface area contributed by atoms with E-state index < -0.39 is 0 Å². The summed E-state index contributed by atoms with van der Waals surface area (Å²) in [5.41, 5.74) is 16.9. The van der Waals surface area contributed by atoms with Crippen molar-refractivity contribution in [2.45, 2.75) is 0 Å². The Balaban J connectivity index is 1.03. The third-order valence-corrected chi connectivity index (χ3v) is 12.7. The molecule has 3 heterocycles. The van der Waals surface area contributed by atoms with Gasteiger partial charge in [-0.15, -0.1) is 0 Å². The van der Waals surface area contributed by atoms with Crippen LogP contribution in [0.15, 0.2) is 238 Å². The molecule has 0 spiro atoms. The maximum Gasteiger partial charge on any atom is 0.145 e.